The fraction of sp³-hybridized carbons (Fsp3) is 0.267. The standard InChI is InChI=1S/C15H16O2/c1-11(10-15(16)17)9-13-7-4-6-12-5-2-3-8-14(12)13/h2-3,5,8-10H,4,6-7H2,1H3,(H,16,17)/b11-10-,13-9+. The summed E-state index contributed by atoms with van der Waals surface area (Å²) in [6, 6.07) is 8.36. The number of carboxylic acids is 1. The van der Waals surface area contributed by atoms with Gasteiger partial charge in [-0.3, -0.25) is 0 Å². The lowest BCUT2D eigenvalue weighted by atomic mass is 9.86. The van der Waals surface area contributed by atoms with Crippen molar-refractivity contribution in [1.82, 2.24) is 0 Å². The molecule has 2 nitrogen and oxygen atoms in total. The van der Waals surface area contributed by atoms with Crippen molar-refractivity contribution in [2.75, 3.05) is 0 Å². The molecule has 0 fully saturated rings. The first-order chi connectivity index (χ1) is 8.16. The van der Waals surface area contributed by atoms with Crippen LogP contribution in [0.15, 0.2) is 42.0 Å². The van der Waals surface area contributed by atoms with Crippen LogP contribution in [0.4, 0.5) is 0 Å². The Morgan fingerprint density at radius 2 is 2.06 bits per heavy atom. The van der Waals surface area contributed by atoms with E-state index in [1.54, 1.807) is 0 Å². The van der Waals surface area contributed by atoms with Crippen molar-refractivity contribution in [2.24, 2.45) is 0 Å². The van der Waals surface area contributed by atoms with Gasteiger partial charge in [0.1, 0.15) is 0 Å². The highest BCUT2D eigenvalue weighted by Gasteiger charge is 2.12. The first-order valence-electron chi connectivity index (χ1n) is 5.87. The molecular formula is C15H16O2. The van der Waals surface area contributed by atoms with E-state index in [1.165, 1.54) is 22.8 Å². The number of allylic oxidation sites excluding steroid dienone is 3. The summed E-state index contributed by atoms with van der Waals surface area (Å²) in [7, 11) is 0. The van der Waals surface area contributed by atoms with E-state index in [9.17, 15) is 4.79 Å². The summed E-state index contributed by atoms with van der Waals surface area (Å²) < 4.78 is 0. The van der Waals surface area contributed by atoms with Gasteiger partial charge in [0.2, 0.25) is 0 Å². The fourth-order valence-corrected chi connectivity index (χ4v) is 2.32. The quantitative estimate of drug-likeness (QED) is 0.787. The molecule has 0 amide bonds. The number of fused-ring (bicyclic) bond motifs is 1. The van der Waals surface area contributed by atoms with Crippen molar-refractivity contribution >= 4 is 11.5 Å². The fourth-order valence-electron chi connectivity index (χ4n) is 2.32. The van der Waals surface area contributed by atoms with Gasteiger partial charge in [-0.15, -0.1) is 0 Å². The minimum Gasteiger partial charge on any atom is -0.478 e. The number of carbonyl (C=O) groups is 1. The predicted molar refractivity (Wildman–Crippen MR) is 68.7 cm³/mol. The van der Waals surface area contributed by atoms with Crippen molar-refractivity contribution in [3.63, 3.8) is 0 Å². The molecule has 0 unspecified atom stereocenters. The second-order valence-corrected chi connectivity index (χ2v) is 4.41. The highest BCUT2D eigenvalue weighted by molar-refractivity contribution is 5.82. The van der Waals surface area contributed by atoms with Gasteiger partial charge in [0.15, 0.2) is 0 Å². The number of aliphatic carboxylic acids is 1. The van der Waals surface area contributed by atoms with Gasteiger partial charge in [-0.1, -0.05) is 30.3 Å². The van der Waals surface area contributed by atoms with Crippen LogP contribution in [0.2, 0.25) is 0 Å². The van der Waals surface area contributed by atoms with Crippen LogP contribution >= 0.6 is 0 Å². The van der Waals surface area contributed by atoms with Gasteiger partial charge >= 0.3 is 5.97 Å². The molecule has 0 aliphatic heterocycles. The molecule has 1 aliphatic rings. The van der Waals surface area contributed by atoms with E-state index in [2.05, 4.69) is 18.2 Å². The van der Waals surface area contributed by atoms with Crippen LogP contribution in [0.5, 0.6) is 0 Å². The first kappa shape index (κ1) is 11.6. The molecular weight excluding hydrogens is 212 g/mol. The van der Waals surface area contributed by atoms with Gasteiger partial charge < -0.3 is 5.11 Å². The average molecular weight is 228 g/mol. The predicted octanol–water partition coefficient (Wildman–Crippen LogP) is 3.44. The molecule has 0 spiro atoms. The van der Waals surface area contributed by atoms with Crippen LogP contribution in [0, 0.1) is 0 Å². The van der Waals surface area contributed by atoms with Gasteiger partial charge in [-0.25, -0.2) is 4.79 Å². The maximum absolute atomic E-state index is 10.6. The Hall–Kier alpha value is -1.83. The summed E-state index contributed by atoms with van der Waals surface area (Å²) in [5.74, 6) is -0.886. The number of hydrogen-bond acceptors (Lipinski definition) is 1. The third-order valence-electron chi connectivity index (χ3n) is 3.01. The Kier molecular flexibility index (Phi) is 3.43. The maximum Gasteiger partial charge on any atom is 0.328 e. The lowest BCUT2D eigenvalue weighted by Crippen LogP contribution is -2.01. The zero-order chi connectivity index (χ0) is 12.3. The normalized spacial score (nSPS) is 17.9. The van der Waals surface area contributed by atoms with Crippen molar-refractivity contribution in [1.29, 1.82) is 0 Å². The molecule has 2 rings (SSSR count). The highest BCUT2D eigenvalue weighted by Crippen LogP contribution is 2.31. The number of carboxylic acid groups (broad SMARTS) is 1. The van der Waals surface area contributed by atoms with Gasteiger partial charge in [0.05, 0.1) is 0 Å². The summed E-state index contributed by atoms with van der Waals surface area (Å²) in [6.45, 7) is 1.83. The third-order valence-corrected chi connectivity index (χ3v) is 3.01. The zero-order valence-corrected chi connectivity index (χ0v) is 9.94. The summed E-state index contributed by atoms with van der Waals surface area (Å²) >= 11 is 0. The van der Waals surface area contributed by atoms with Crippen molar-refractivity contribution < 1.29 is 9.90 Å². The summed E-state index contributed by atoms with van der Waals surface area (Å²) in [5, 5.41) is 8.70. The van der Waals surface area contributed by atoms with Gasteiger partial charge in [0, 0.05) is 6.08 Å². The van der Waals surface area contributed by atoms with Crippen molar-refractivity contribution in [3.8, 4) is 0 Å². The second kappa shape index (κ2) is 5.00. The molecule has 0 saturated carbocycles. The molecule has 2 heteroatoms. The lowest BCUT2D eigenvalue weighted by Gasteiger charge is -2.18. The van der Waals surface area contributed by atoms with Crippen LogP contribution in [0.1, 0.15) is 30.9 Å². The molecule has 1 aromatic rings. The Balaban J connectivity index is 2.36. The molecule has 0 atom stereocenters. The highest BCUT2D eigenvalue weighted by atomic mass is 16.4. The first-order valence-corrected chi connectivity index (χ1v) is 5.87. The molecule has 88 valence electrons. The molecule has 1 aliphatic carbocycles. The monoisotopic (exact) mass is 228 g/mol. The Labute approximate surface area is 101 Å². The lowest BCUT2D eigenvalue weighted by molar-refractivity contribution is -0.131. The molecule has 0 heterocycles. The number of aryl methyl sites for hydroxylation is 1. The topological polar surface area (TPSA) is 37.3 Å². The molecule has 0 aromatic heterocycles. The van der Waals surface area contributed by atoms with Crippen LogP contribution in [0.3, 0.4) is 0 Å². The minimum atomic E-state index is -0.886. The number of rotatable bonds is 2. The average Bonchev–Trinajstić information content (AvgIpc) is 2.28. The van der Waals surface area contributed by atoms with Crippen molar-refractivity contribution in [2.45, 2.75) is 26.2 Å². The van der Waals surface area contributed by atoms with E-state index in [0.29, 0.717) is 0 Å². The maximum atomic E-state index is 10.6. The number of benzene rings is 1. The summed E-state index contributed by atoms with van der Waals surface area (Å²) in [6.07, 6.45) is 6.54. The van der Waals surface area contributed by atoms with Crippen LogP contribution < -0.4 is 0 Å². The molecule has 1 N–H and O–H groups in total. The van der Waals surface area contributed by atoms with E-state index in [4.69, 9.17) is 5.11 Å². The van der Waals surface area contributed by atoms with Gasteiger partial charge in [-0.05, 0) is 48.5 Å². The molecule has 0 saturated heterocycles. The molecule has 0 bridgehead atoms. The van der Waals surface area contributed by atoms with E-state index in [0.717, 1.165) is 24.8 Å². The third kappa shape index (κ3) is 2.84. The van der Waals surface area contributed by atoms with E-state index in [-0.39, 0.29) is 0 Å². The van der Waals surface area contributed by atoms with E-state index in [1.807, 2.05) is 19.1 Å². The Morgan fingerprint density at radius 1 is 1.29 bits per heavy atom. The van der Waals surface area contributed by atoms with Crippen molar-refractivity contribution in [3.05, 3.63) is 53.1 Å². The summed E-state index contributed by atoms with van der Waals surface area (Å²) in [4.78, 5) is 10.6. The smallest absolute Gasteiger partial charge is 0.328 e. The number of hydrogen-bond donors (Lipinski definition) is 1. The Bertz CT molecular complexity index is 495. The van der Waals surface area contributed by atoms with Crippen LogP contribution in [0.25, 0.3) is 5.57 Å². The van der Waals surface area contributed by atoms with Crippen LogP contribution in [-0.4, -0.2) is 11.1 Å². The zero-order valence-electron chi connectivity index (χ0n) is 9.94. The largest absolute Gasteiger partial charge is 0.478 e. The van der Waals surface area contributed by atoms with E-state index >= 15 is 0 Å². The molecule has 0 radical (unpaired) electrons. The van der Waals surface area contributed by atoms with Crippen LogP contribution in [-0.2, 0) is 11.2 Å². The SMILES string of the molecule is CC(=C/C(=O)O)/C=C1\CCCc2ccccc21. The minimum absolute atomic E-state index is 0.796. The Morgan fingerprint density at radius 3 is 2.82 bits per heavy atom. The van der Waals surface area contributed by atoms with Gasteiger partial charge in [0.25, 0.3) is 0 Å². The summed E-state index contributed by atoms with van der Waals surface area (Å²) in [5.41, 5.74) is 4.69. The van der Waals surface area contributed by atoms with Gasteiger partial charge in [-0.2, -0.15) is 0 Å². The second-order valence-electron chi connectivity index (χ2n) is 4.41. The molecule has 17 heavy (non-hydrogen) atoms. The van der Waals surface area contributed by atoms with E-state index < -0.39 is 5.97 Å². The molecule has 1 aromatic carbocycles.